The van der Waals surface area contributed by atoms with Crippen molar-refractivity contribution in [3.8, 4) is 0 Å². The molecule has 10 heteroatoms. The number of rotatable bonds is 4. The van der Waals surface area contributed by atoms with Crippen molar-refractivity contribution in [2.24, 2.45) is 7.05 Å². The molecule has 2 aliphatic rings. The number of nitrogens with zero attached hydrogens (tertiary/aromatic N) is 5. The summed E-state index contributed by atoms with van der Waals surface area (Å²) >= 11 is 0. The number of hydrogen-bond donors (Lipinski definition) is 1. The molecule has 2 aromatic rings. The molecule has 1 saturated heterocycles. The first-order chi connectivity index (χ1) is 13.5. The van der Waals surface area contributed by atoms with Crippen molar-refractivity contribution in [2.45, 2.75) is 37.3 Å². The number of carbonyl (C=O) groups excluding carboxylic acids is 1. The minimum Gasteiger partial charge on any atom is -0.375 e. The zero-order valence-electron chi connectivity index (χ0n) is 16.3. The van der Waals surface area contributed by atoms with Crippen LogP contribution < -0.4 is 15.9 Å². The summed E-state index contributed by atoms with van der Waals surface area (Å²) in [7, 11) is 3.12. The molecule has 4 rings (SSSR count). The fourth-order valence-corrected chi connectivity index (χ4v) is 4.27. The highest BCUT2D eigenvalue weighted by atomic mass is 16.5. The van der Waals surface area contributed by atoms with Gasteiger partial charge in [0.15, 0.2) is 5.65 Å². The van der Waals surface area contributed by atoms with Crippen LogP contribution in [0, 0.1) is 0 Å². The van der Waals surface area contributed by atoms with E-state index in [-0.39, 0.29) is 24.2 Å². The lowest BCUT2D eigenvalue weighted by Crippen LogP contribution is -2.64. The summed E-state index contributed by atoms with van der Waals surface area (Å²) in [5, 5.41) is 11.7. The van der Waals surface area contributed by atoms with Gasteiger partial charge in [-0.1, -0.05) is 12.8 Å². The van der Waals surface area contributed by atoms with E-state index in [1.54, 1.807) is 13.1 Å². The summed E-state index contributed by atoms with van der Waals surface area (Å²) in [5.41, 5.74) is -0.222. The minimum atomic E-state index is -0.462. The molecule has 152 valence electrons. The van der Waals surface area contributed by atoms with Crippen LogP contribution in [0.15, 0.2) is 16.9 Å². The van der Waals surface area contributed by atoms with Gasteiger partial charge in [-0.3, -0.25) is 4.79 Å². The molecular formula is C18H26N6O4. The van der Waals surface area contributed by atoms with Crippen LogP contribution in [-0.2, 0) is 21.3 Å². The van der Waals surface area contributed by atoms with Crippen molar-refractivity contribution in [1.82, 2.24) is 24.7 Å². The van der Waals surface area contributed by atoms with Gasteiger partial charge in [-0.25, -0.2) is 9.48 Å². The summed E-state index contributed by atoms with van der Waals surface area (Å²) in [5.74, 6) is 0.578. The van der Waals surface area contributed by atoms with E-state index in [1.807, 2.05) is 6.07 Å². The normalized spacial score (nSPS) is 25.4. The van der Waals surface area contributed by atoms with Gasteiger partial charge in [0.05, 0.1) is 19.2 Å². The second kappa shape index (κ2) is 7.51. The number of fused-ring (bicyclic) bond motifs is 1. The molecule has 0 aromatic carbocycles. The zero-order valence-corrected chi connectivity index (χ0v) is 16.3. The molecule has 0 radical (unpaired) electrons. The number of nitrogens with one attached hydrogen (secondary N) is 1. The number of ether oxygens (including phenoxy) is 2. The first-order valence-electron chi connectivity index (χ1n) is 9.63. The Labute approximate surface area is 162 Å². The maximum Gasteiger partial charge on any atom is 0.366 e. The molecule has 2 atom stereocenters. The van der Waals surface area contributed by atoms with Crippen LogP contribution in [0.2, 0.25) is 0 Å². The Morgan fingerprint density at radius 2 is 2.25 bits per heavy atom. The topological polar surface area (TPSA) is 103 Å². The molecule has 1 saturated carbocycles. The van der Waals surface area contributed by atoms with Crippen LogP contribution in [0.5, 0.6) is 0 Å². The first kappa shape index (κ1) is 18.9. The Balaban J connectivity index is 1.59. The standard InChI is InChI=1S/C18H26N6O4/c1-22-17(26)24-15(20-22)7-6-14(21-24)23-9-10-28-18(12-23)8-4-3-5-13(18)19-16(25)11-27-2/h6-7,13H,3-5,8-12H2,1-2H3,(H,19,25)/t13-,18-/m1/s1. The maximum absolute atomic E-state index is 12.2. The second-order valence-electron chi connectivity index (χ2n) is 7.50. The van der Waals surface area contributed by atoms with Gasteiger partial charge >= 0.3 is 5.69 Å². The van der Waals surface area contributed by atoms with E-state index >= 15 is 0 Å². The number of methoxy groups -OCH3 is 1. The van der Waals surface area contributed by atoms with Gasteiger partial charge in [-0.15, -0.1) is 10.2 Å². The SMILES string of the molecule is COCC(=O)N[C@@H]1CCCC[C@@]12CN(c1ccc3nn(C)c(=O)n3n1)CCO2. The van der Waals surface area contributed by atoms with Gasteiger partial charge in [0.25, 0.3) is 0 Å². The van der Waals surface area contributed by atoms with Crippen LogP contribution >= 0.6 is 0 Å². The number of amides is 1. The van der Waals surface area contributed by atoms with Gasteiger partial charge in [0, 0.05) is 20.7 Å². The molecule has 2 aromatic heterocycles. The van der Waals surface area contributed by atoms with E-state index in [4.69, 9.17) is 9.47 Å². The smallest absolute Gasteiger partial charge is 0.366 e. The number of anilines is 1. The third-order valence-corrected chi connectivity index (χ3v) is 5.63. The average molecular weight is 390 g/mol. The lowest BCUT2D eigenvalue weighted by Gasteiger charge is -2.49. The minimum absolute atomic E-state index is 0.0401. The van der Waals surface area contributed by atoms with E-state index in [0.29, 0.717) is 31.2 Å². The van der Waals surface area contributed by atoms with Crippen molar-refractivity contribution in [3.63, 3.8) is 0 Å². The molecule has 1 amide bonds. The largest absolute Gasteiger partial charge is 0.375 e. The zero-order chi connectivity index (χ0) is 19.7. The Morgan fingerprint density at radius 3 is 3.07 bits per heavy atom. The number of aromatic nitrogens is 4. The summed E-state index contributed by atoms with van der Waals surface area (Å²) in [6, 6.07) is 3.60. The Morgan fingerprint density at radius 1 is 1.39 bits per heavy atom. The third kappa shape index (κ3) is 3.37. The lowest BCUT2D eigenvalue weighted by atomic mass is 9.78. The molecule has 1 aliphatic heterocycles. The van der Waals surface area contributed by atoms with Crippen molar-refractivity contribution >= 4 is 17.4 Å². The predicted molar refractivity (Wildman–Crippen MR) is 101 cm³/mol. The molecule has 1 aliphatic carbocycles. The molecule has 0 unspecified atom stereocenters. The molecule has 0 bridgehead atoms. The van der Waals surface area contributed by atoms with Gasteiger partial charge < -0.3 is 19.7 Å². The molecule has 3 heterocycles. The molecule has 10 nitrogen and oxygen atoms in total. The van der Waals surface area contributed by atoms with Gasteiger partial charge in [0.1, 0.15) is 18.0 Å². The highest BCUT2D eigenvalue weighted by molar-refractivity contribution is 5.77. The second-order valence-corrected chi connectivity index (χ2v) is 7.50. The van der Waals surface area contributed by atoms with Crippen LogP contribution in [0.1, 0.15) is 25.7 Å². The molecule has 28 heavy (non-hydrogen) atoms. The average Bonchev–Trinajstić information content (AvgIpc) is 2.98. The molecule has 2 fully saturated rings. The number of hydrogen-bond acceptors (Lipinski definition) is 7. The highest BCUT2D eigenvalue weighted by Gasteiger charge is 2.46. The molecule has 1 N–H and O–H groups in total. The van der Waals surface area contributed by atoms with Crippen LogP contribution in [0.3, 0.4) is 0 Å². The van der Waals surface area contributed by atoms with Gasteiger partial charge in [0.2, 0.25) is 5.91 Å². The summed E-state index contributed by atoms with van der Waals surface area (Å²) in [6.45, 7) is 1.86. The Bertz CT molecular complexity index is 920. The van der Waals surface area contributed by atoms with Crippen molar-refractivity contribution < 1.29 is 14.3 Å². The maximum atomic E-state index is 12.2. The summed E-state index contributed by atoms with van der Waals surface area (Å²) < 4.78 is 13.8. The van der Waals surface area contributed by atoms with Crippen molar-refractivity contribution in [2.75, 3.05) is 38.3 Å². The monoisotopic (exact) mass is 390 g/mol. The van der Waals surface area contributed by atoms with Crippen molar-refractivity contribution in [1.29, 1.82) is 0 Å². The predicted octanol–water partition coefficient (Wildman–Crippen LogP) is -0.291. The van der Waals surface area contributed by atoms with E-state index in [9.17, 15) is 9.59 Å². The molecule has 1 spiro atoms. The van der Waals surface area contributed by atoms with Gasteiger partial charge in [-0.2, -0.15) is 4.52 Å². The Hall–Kier alpha value is -2.46. The number of carbonyl (C=O) groups is 1. The third-order valence-electron chi connectivity index (χ3n) is 5.63. The van der Waals surface area contributed by atoms with Crippen LogP contribution in [-0.4, -0.2) is 70.4 Å². The lowest BCUT2D eigenvalue weighted by molar-refractivity contribution is -0.134. The first-order valence-corrected chi connectivity index (χ1v) is 9.63. The molecular weight excluding hydrogens is 364 g/mol. The van der Waals surface area contributed by atoms with Crippen LogP contribution in [0.25, 0.3) is 5.65 Å². The van der Waals surface area contributed by atoms with E-state index in [1.165, 1.54) is 16.3 Å². The van der Waals surface area contributed by atoms with Crippen molar-refractivity contribution in [3.05, 3.63) is 22.6 Å². The fourth-order valence-electron chi connectivity index (χ4n) is 4.27. The quantitative estimate of drug-likeness (QED) is 0.765. The van der Waals surface area contributed by atoms with E-state index in [2.05, 4.69) is 20.4 Å². The number of morpholine rings is 1. The van der Waals surface area contributed by atoms with Gasteiger partial charge in [-0.05, 0) is 25.0 Å². The Kier molecular flexibility index (Phi) is 5.07. The highest BCUT2D eigenvalue weighted by Crippen LogP contribution is 2.36. The van der Waals surface area contributed by atoms with E-state index in [0.717, 1.165) is 25.7 Å². The van der Waals surface area contributed by atoms with Crippen LogP contribution in [0.4, 0.5) is 5.82 Å². The number of aryl methyl sites for hydroxylation is 1. The van der Waals surface area contributed by atoms with E-state index < -0.39 is 5.60 Å². The summed E-state index contributed by atoms with van der Waals surface area (Å²) in [6.07, 6.45) is 3.85. The summed E-state index contributed by atoms with van der Waals surface area (Å²) in [4.78, 5) is 26.4. The fraction of sp³-hybridized carbons (Fsp3) is 0.667.